The molecule has 0 aliphatic carbocycles. The van der Waals surface area contributed by atoms with E-state index >= 15 is 0 Å². The molecule has 0 radical (unpaired) electrons. The topological polar surface area (TPSA) is 32.3 Å². The molecule has 2 rings (SSSR count). The number of carbonyl (C=O) groups is 1. The molecule has 0 spiro atoms. The fourth-order valence-electron chi connectivity index (χ4n) is 1.93. The van der Waals surface area contributed by atoms with Crippen molar-refractivity contribution in [3.63, 3.8) is 0 Å². The second-order valence-electron chi connectivity index (χ2n) is 4.02. The Kier molecular flexibility index (Phi) is 3.46. The van der Waals surface area contributed by atoms with Gasteiger partial charge in [0.2, 0.25) is 5.91 Å². The van der Waals surface area contributed by atoms with Gasteiger partial charge in [0.05, 0.1) is 0 Å². The smallest absolute Gasteiger partial charge is 0.244 e. The van der Waals surface area contributed by atoms with Gasteiger partial charge in [-0.2, -0.15) is 0 Å². The number of likely N-dealkylation sites (N-methyl/N-ethyl adjacent to an activating group) is 1. The number of hydrogen-bond donors (Lipinski definition) is 1. The lowest BCUT2D eigenvalue weighted by Gasteiger charge is -2.21. The minimum Gasteiger partial charge on any atom is -0.344 e. The van der Waals surface area contributed by atoms with Crippen LogP contribution < -0.4 is 5.32 Å². The van der Waals surface area contributed by atoms with E-state index in [9.17, 15) is 4.79 Å². The van der Waals surface area contributed by atoms with Gasteiger partial charge in [0.1, 0.15) is 6.04 Å². The molecule has 1 aromatic carbocycles. The number of benzene rings is 1. The van der Waals surface area contributed by atoms with E-state index in [-0.39, 0.29) is 11.9 Å². The Hall–Kier alpha value is -1.06. The average Bonchev–Trinajstić information content (AvgIpc) is 2.44. The lowest BCUT2D eigenvalue weighted by molar-refractivity contribution is -0.131. The van der Waals surface area contributed by atoms with E-state index < -0.39 is 0 Å². The molecule has 4 heteroatoms. The van der Waals surface area contributed by atoms with E-state index in [0.717, 1.165) is 25.1 Å². The van der Waals surface area contributed by atoms with Crippen molar-refractivity contribution in [3.8, 4) is 0 Å². The lowest BCUT2D eigenvalue weighted by Crippen LogP contribution is -2.35. The van der Waals surface area contributed by atoms with E-state index in [4.69, 9.17) is 11.6 Å². The van der Waals surface area contributed by atoms with Gasteiger partial charge >= 0.3 is 0 Å². The summed E-state index contributed by atoms with van der Waals surface area (Å²) in [5, 5.41) is 3.89. The summed E-state index contributed by atoms with van der Waals surface area (Å²) in [4.78, 5) is 13.9. The first-order valence-corrected chi connectivity index (χ1v) is 5.81. The number of nitrogens with one attached hydrogen (secondary N) is 1. The first-order chi connectivity index (χ1) is 7.70. The molecule has 86 valence electrons. The summed E-state index contributed by atoms with van der Waals surface area (Å²) < 4.78 is 0. The van der Waals surface area contributed by atoms with Crippen LogP contribution in [0.25, 0.3) is 0 Å². The van der Waals surface area contributed by atoms with Crippen LogP contribution in [-0.2, 0) is 4.79 Å². The summed E-state index contributed by atoms with van der Waals surface area (Å²) in [5.74, 6) is 0.0885. The zero-order valence-electron chi connectivity index (χ0n) is 9.24. The Labute approximate surface area is 100 Å². The quantitative estimate of drug-likeness (QED) is 0.810. The van der Waals surface area contributed by atoms with E-state index in [2.05, 4.69) is 5.32 Å². The summed E-state index contributed by atoms with van der Waals surface area (Å²) in [5.41, 5.74) is 0.864. The SMILES string of the molecule is CN1CCCNC(c2ccccc2Cl)C1=O. The molecular formula is C12H15ClN2O. The first kappa shape index (κ1) is 11.4. The molecule has 0 aromatic heterocycles. The monoisotopic (exact) mass is 238 g/mol. The summed E-state index contributed by atoms with van der Waals surface area (Å²) in [6.45, 7) is 1.64. The second kappa shape index (κ2) is 4.85. The number of hydrogen-bond acceptors (Lipinski definition) is 2. The zero-order valence-corrected chi connectivity index (χ0v) is 10.00. The number of amides is 1. The largest absolute Gasteiger partial charge is 0.344 e. The molecule has 3 nitrogen and oxygen atoms in total. The molecule has 1 aliphatic heterocycles. The highest BCUT2D eigenvalue weighted by atomic mass is 35.5. The van der Waals surface area contributed by atoms with Gasteiger partial charge in [-0.1, -0.05) is 29.8 Å². The number of carbonyl (C=O) groups excluding carboxylic acids is 1. The molecule has 1 aromatic rings. The van der Waals surface area contributed by atoms with Crippen LogP contribution in [0.5, 0.6) is 0 Å². The minimum absolute atomic E-state index is 0.0885. The van der Waals surface area contributed by atoms with Gasteiger partial charge in [0, 0.05) is 18.6 Å². The van der Waals surface area contributed by atoms with Crippen molar-refractivity contribution in [1.82, 2.24) is 10.2 Å². The fraction of sp³-hybridized carbons (Fsp3) is 0.417. The normalized spacial score (nSPS) is 22.0. The Morgan fingerprint density at radius 3 is 2.94 bits per heavy atom. The van der Waals surface area contributed by atoms with E-state index in [1.807, 2.05) is 31.3 Å². The third kappa shape index (κ3) is 2.20. The zero-order chi connectivity index (χ0) is 11.5. The third-order valence-corrected chi connectivity index (χ3v) is 3.20. The van der Waals surface area contributed by atoms with E-state index in [0.29, 0.717) is 5.02 Å². The van der Waals surface area contributed by atoms with Crippen LogP contribution in [0.2, 0.25) is 5.02 Å². The maximum atomic E-state index is 12.1. The van der Waals surface area contributed by atoms with Gasteiger partial charge in [0.15, 0.2) is 0 Å². The predicted octanol–water partition coefficient (Wildman–Crippen LogP) is 1.83. The summed E-state index contributed by atoms with van der Waals surface area (Å²) >= 11 is 6.11. The summed E-state index contributed by atoms with van der Waals surface area (Å²) in [7, 11) is 1.83. The van der Waals surface area contributed by atoms with Crippen LogP contribution in [0.15, 0.2) is 24.3 Å². The number of rotatable bonds is 1. The van der Waals surface area contributed by atoms with Crippen LogP contribution in [0.1, 0.15) is 18.0 Å². The van der Waals surface area contributed by atoms with Gasteiger partial charge in [-0.15, -0.1) is 0 Å². The van der Waals surface area contributed by atoms with Crippen LogP contribution >= 0.6 is 11.6 Å². The maximum absolute atomic E-state index is 12.1. The molecule has 0 saturated carbocycles. The molecule has 1 atom stereocenters. The van der Waals surface area contributed by atoms with Crippen LogP contribution in [-0.4, -0.2) is 30.9 Å². The third-order valence-electron chi connectivity index (χ3n) is 2.86. The van der Waals surface area contributed by atoms with Crippen molar-refractivity contribution < 1.29 is 4.79 Å². The average molecular weight is 239 g/mol. The summed E-state index contributed by atoms with van der Waals surface area (Å²) in [6.07, 6.45) is 0.975. The Balaban J connectivity index is 2.31. The molecule has 16 heavy (non-hydrogen) atoms. The van der Waals surface area contributed by atoms with Crippen molar-refractivity contribution in [1.29, 1.82) is 0 Å². The molecule has 1 unspecified atom stereocenters. The van der Waals surface area contributed by atoms with Gasteiger partial charge in [-0.25, -0.2) is 0 Å². The number of halogens is 1. The Morgan fingerprint density at radius 1 is 1.44 bits per heavy atom. The van der Waals surface area contributed by atoms with Crippen LogP contribution in [0.4, 0.5) is 0 Å². The molecule has 1 N–H and O–H groups in total. The number of nitrogens with zero attached hydrogens (tertiary/aromatic N) is 1. The van der Waals surface area contributed by atoms with Gasteiger partial charge in [-0.3, -0.25) is 4.79 Å². The Bertz CT molecular complexity index is 394. The fourth-order valence-corrected chi connectivity index (χ4v) is 2.18. The molecule has 1 heterocycles. The molecule has 1 aliphatic rings. The van der Waals surface area contributed by atoms with Crippen LogP contribution in [0.3, 0.4) is 0 Å². The van der Waals surface area contributed by atoms with E-state index in [1.165, 1.54) is 0 Å². The van der Waals surface area contributed by atoms with Crippen molar-refractivity contribution in [3.05, 3.63) is 34.9 Å². The Morgan fingerprint density at radius 2 is 2.19 bits per heavy atom. The minimum atomic E-state index is -0.304. The highest BCUT2D eigenvalue weighted by Gasteiger charge is 2.26. The molecule has 1 amide bonds. The van der Waals surface area contributed by atoms with Crippen molar-refractivity contribution in [2.24, 2.45) is 0 Å². The standard InChI is InChI=1S/C12H15ClN2O/c1-15-8-4-7-14-11(12(15)16)9-5-2-3-6-10(9)13/h2-3,5-6,11,14H,4,7-8H2,1H3. The van der Waals surface area contributed by atoms with E-state index in [1.54, 1.807) is 4.90 Å². The highest BCUT2D eigenvalue weighted by molar-refractivity contribution is 6.31. The van der Waals surface area contributed by atoms with Crippen molar-refractivity contribution in [2.45, 2.75) is 12.5 Å². The second-order valence-corrected chi connectivity index (χ2v) is 4.43. The van der Waals surface area contributed by atoms with Gasteiger partial charge < -0.3 is 10.2 Å². The molecular weight excluding hydrogens is 224 g/mol. The van der Waals surface area contributed by atoms with Gasteiger partial charge in [0.25, 0.3) is 0 Å². The lowest BCUT2D eigenvalue weighted by atomic mass is 10.1. The first-order valence-electron chi connectivity index (χ1n) is 5.43. The van der Waals surface area contributed by atoms with Crippen molar-refractivity contribution >= 4 is 17.5 Å². The maximum Gasteiger partial charge on any atom is 0.244 e. The highest BCUT2D eigenvalue weighted by Crippen LogP contribution is 2.25. The molecule has 1 saturated heterocycles. The molecule has 1 fully saturated rings. The molecule has 0 bridgehead atoms. The summed E-state index contributed by atoms with van der Waals surface area (Å²) in [6, 6.07) is 7.19. The predicted molar refractivity (Wildman–Crippen MR) is 64.4 cm³/mol. The van der Waals surface area contributed by atoms with Gasteiger partial charge in [-0.05, 0) is 24.6 Å². The van der Waals surface area contributed by atoms with Crippen LogP contribution in [0, 0.1) is 0 Å². The van der Waals surface area contributed by atoms with Crippen molar-refractivity contribution in [2.75, 3.05) is 20.1 Å².